The molecule has 0 aliphatic rings. The van der Waals surface area contributed by atoms with E-state index in [2.05, 4.69) is 42.0 Å². The third-order valence-corrected chi connectivity index (χ3v) is 4.58. The van der Waals surface area contributed by atoms with E-state index in [1.807, 2.05) is 29.0 Å². The van der Waals surface area contributed by atoms with E-state index in [-0.39, 0.29) is 0 Å². The van der Waals surface area contributed by atoms with Gasteiger partial charge in [-0.25, -0.2) is 4.98 Å². The molecular formula is C16H24N4S. The summed E-state index contributed by atoms with van der Waals surface area (Å²) in [4.78, 5) is 5.97. The number of hydrogen-bond acceptors (Lipinski definition) is 4. The Morgan fingerprint density at radius 2 is 2.14 bits per heavy atom. The van der Waals surface area contributed by atoms with Crippen LogP contribution < -0.4 is 5.32 Å². The van der Waals surface area contributed by atoms with Crippen LogP contribution >= 0.6 is 11.3 Å². The lowest BCUT2D eigenvalue weighted by molar-refractivity contribution is 0.687. The number of nitrogens with one attached hydrogen (secondary N) is 1. The van der Waals surface area contributed by atoms with Crippen LogP contribution in [0, 0.1) is 13.8 Å². The molecule has 0 saturated carbocycles. The summed E-state index contributed by atoms with van der Waals surface area (Å²) in [6.45, 7) is 12.6. The molecule has 0 radical (unpaired) electrons. The zero-order chi connectivity index (χ0) is 15.2. The van der Waals surface area contributed by atoms with Gasteiger partial charge in [0.05, 0.1) is 22.9 Å². The molecule has 114 valence electrons. The highest BCUT2D eigenvalue weighted by molar-refractivity contribution is 7.11. The highest BCUT2D eigenvalue weighted by atomic mass is 32.1. The van der Waals surface area contributed by atoms with Crippen molar-refractivity contribution in [1.29, 1.82) is 0 Å². The number of aryl methyl sites for hydroxylation is 3. The summed E-state index contributed by atoms with van der Waals surface area (Å²) in [7, 11) is 0. The van der Waals surface area contributed by atoms with Crippen LogP contribution in [0.4, 0.5) is 0 Å². The maximum atomic E-state index is 4.62. The largest absolute Gasteiger partial charge is 0.308 e. The highest BCUT2D eigenvalue weighted by Crippen LogP contribution is 2.19. The Morgan fingerprint density at radius 1 is 1.33 bits per heavy atom. The second kappa shape index (κ2) is 7.52. The first-order chi connectivity index (χ1) is 10.1. The van der Waals surface area contributed by atoms with Crippen LogP contribution in [0.5, 0.6) is 0 Å². The first-order valence-corrected chi connectivity index (χ1v) is 8.25. The molecule has 1 N–H and O–H groups in total. The fraction of sp³-hybridized carbons (Fsp3) is 0.500. The van der Waals surface area contributed by atoms with Gasteiger partial charge in [-0.1, -0.05) is 13.0 Å². The lowest BCUT2D eigenvalue weighted by atomic mass is 10.2. The second-order valence-electron chi connectivity index (χ2n) is 5.22. The van der Waals surface area contributed by atoms with E-state index >= 15 is 0 Å². The quantitative estimate of drug-likeness (QED) is 0.760. The van der Waals surface area contributed by atoms with E-state index in [4.69, 9.17) is 0 Å². The summed E-state index contributed by atoms with van der Waals surface area (Å²) in [5, 5.41) is 9.22. The normalized spacial score (nSPS) is 11.0. The molecule has 0 unspecified atom stereocenters. The molecule has 0 saturated heterocycles. The van der Waals surface area contributed by atoms with E-state index < -0.39 is 0 Å². The van der Waals surface area contributed by atoms with Gasteiger partial charge in [-0.2, -0.15) is 5.10 Å². The van der Waals surface area contributed by atoms with E-state index in [0.717, 1.165) is 43.9 Å². The SMILES string of the molecule is C=CCn1cc(CNCc2sc(CCC)nc2C)c(C)n1. The molecule has 0 aromatic carbocycles. The monoisotopic (exact) mass is 304 g/mol. The smallest absolute Gasteiger partial charge is 0.0931 e. The van der Waals surface area contributed by atoms with Crippen LogP contribution in [0.2, 0.25) is 0 Å². The number of rotatable bonds is 8. The molecule has 4 nitrogen and oxygen atoms in total. The van der Waals surface area contributed by atoms with Gasteiger partial charge in [0.15, 0.2) is 0 Å². The Morgan fingerprint density at radius 3 is 2.86 bits per heavy atom. The molecule has 2 heterocycles. The van der Waals surface area contributed by atoms with Crippen molar-refractivity contribution in [1.82, 2.24) is 20.1 Å². The van der Waals surface area contributed by atoms with E-state index in [1.165, 1.54) is 15.4 Å². The van der Waals surface area contributed by atoms with Gasteiger partial charge in [0.1, 0.15) is 0 Å². The summed E-state index contributed by atoms with van der Waals surface area (Å²) >= 11 is 1.83. The average Bonchev–Trinajstić information content (AvgIpc) is 2.95. The lowest BCUT2D eigenvalue weighted by Crippen LogP contribution is -2.12. The maximum absolute atomic E-state index is 4.62. The van der Waals surface area contributed by atoms with Gasteiger partial charge >= 0.3 is 0 Å². The van der Waals surface area contributed by atoms with E-state index in [1.54, 1.807) is 0 Å². The van der Waals surface area contributed by atoms with E-state index in [9.17, 15) is 0 Å². The van der Waals surface area contributed by atoms with Crippen LogP contribution in [0.3, 0.4) is 0 Å². The summed E-state index contributed by atoms with van der Waals surface area (Å²) < 4.78 is 1.93. The molecule has 2 rings (SSSR count). The minimum atomic E-state index is 0.759. The third kappa shape index (κ3) is 4.25. The van der Waals surface area contributed by atoms with Gasteiger partial charge in [0.25, 0.3) is 0 Å². The molecule has 0 atom stereocenters. The van der Waals surface area contributed by atoms with Crippen molar-refractivity contribution in [2.24, 2.45) is 0 Å². The molecule has 2 aromatic rings. The van der Waals surface area contributed by atoms with Crippen molar-refractivity contribution in [3.8, 4) is 0 Å². The van der Waals surface area contributed by atoms with Gasteiger partial charge in [-0.05, 0) is 26.7 Å². The molecule has 5 heteroatoms. The molecular weight excluding hydrogens is 280 g/mol. The van der Waals surface area contributed by atoms with Crippen molar-refractivity contribution < 1.29 is 0 Å². The summed E-state index contributed by atoms with van der Waals surface area (Å²) in [6, 6.07) is 0. The highest BCUT2D eigenvalue weighted by Gasteiger charge is 2.08. The van der Waals surface area contributed by atoms with Gasteiger partial charge in [0.2, 0.25) is 0 Å². The molecule has 0 amide bonds. The van der Waals surface area contributed by atoms with E-state index in [0.29, 0.717) is 0 Å². The fourth-order valence-corrected chi connectivity index (χ4v) is 3.38. The van der Waals surface area contributed by atoms with Crippen LogP contribution in [0.15, 0.2) is 18.9 Å². The minimum absolute atomic E-state index is 0.759. The van der Waals surface area contributed by atoms with Gasteiger partial charge < -0.3 is 5.32 Å². The summed E-state index contributed by atoms with van der Waals surface area (Å²) in [5.41, 5.74) is 3.49. The Labute approximate surface area is 130 Å². The van der Waals surface area contributed by atoms with Crippen LogP contribution in [-0.4, -0.2) is 14.8 Å². The number of thiazole rings is 1. The molecule has 0 spiro atoms. The maximum Gasteiger partial charge on any atom is 0.0931 e. The Bertz CT molecular complexity index is 597. The van der Waals surface area contributed by atoms with Crippen molar-refractivity contribution in [2.75, 3.05) is 0 Å². The number of aromatic nitrogens is 3. The average molecular weight is 304 g/mol. The van der Waals surface area contributed by atoms with Gasteiger partial charge in [-0.15, -0.1) is 17.9 Å². The van der Waals surface area contributed by atoms with Crippen molar-refractivity contribution >= 4 is 11.3 Å². The molecule has 21 heavy (non-hydrogen) atoms. The lowest BCUT2D eigenvalue weighted by Gasteiger charge is -2.02. The molecule has 0 bridgehead atoms. The predicted octanol–water partition coefficient (Wildman–Crippen LogP) is 3.38. The standard InChI is InChI=1S/C16H24N4S/c1-5-7-16-18-13(4)15(21-16)10-17-9-14-11-20(8-6-2)19-12(14)3/h6,11,17H,2,5,7-10H2,1,3-4H3. The van der Waals surface area contributed by atoms with Crippen molar-refractivity contribution in [3.63, 3.8) is 0 Å². The third-order valence-electron chi connectivity index (χ3n) is 3.37. The first-order valence-electron chi connectivity index (χ1n) is 7.43. The number of allylic oxidation sites excluding steroid dienone is 1. The molecule has 0 fully saturated rings. The molecule has 0 aliphatic carbocycles. The summed E-state index contributed by atoms with van der Waals surface area (Å²) in [6.07, 6.45) is 6.19. The Balaban J connectivity index is 1.90. The zero-order valence-electron chi connectivity index (χ0n) is 13.1. The van der Waals surface area contributed by atoms with Gasteiger partial charge in [-0.3, -0.25) is 4.68 Å². The fourth-order valence-electron chi connectivity index (χ4n) is 2.24. The number of hydrogen-bond donors (Lipinski definition) is 1. The van der Waals surface area contributed by atoms with Gasteiger partial charge in [0, 0.05) is 29.7 Å². The second-order valence-corrected chi connectivity index (χ2v) is 6.39. The Kier molecular flexibility index (Phi) is 5.70. The summed E-state index contributed by atoms with van der Waals surface area (Å²) in [5.74, 6) is 0. The van der Waals surface area contributed by atoms with Crippen molar-refractivity contribution in [2.45, 2.75) is 53.2 Å². The zero-order valence-corrected chi connectivity index (χ0v) is 14.0. The number of nitrogens with zero attached hydrogens (tertiary/aromatic N) is 3. The van der Waals surface area contributed by atoms with Crippen molar-refractivity contribution in [3.05, 3.63) is 45.7 Å². The van der Waals surface area contributed by atoms with Crippen LogP contribution in [0.1, 0.15) is 40.2 Å². The molecule has 0 aliphatic heterocycles. The topological polar surface area (TPSA) is 42.7 Å². The molecule has 2 aromatic heterocycles. The van der Waals surface area contributed by atoms with Crippen LogP contribution in [0.25, 0.3) is 0 Å². The first kappa shape index (κ1) is 15.9. The predicted molar refractivity (Wildman–Crippen MR) is 88.6 cm³/mol. The van der Waals surface area contributed by atoms with Crippen LogP contribution in [-0.2, 0) is 26.1 Å². The Hall–Kier alpha value is -1.46. The minimum Gasteiger partial charge on any atom is -0.308 e.